The Hall–Kier alpha value is -2.53. The summed E-state index contributed by atoms with van der Waals surface area (Å²) in [7, 11) is 1.68. The molecule has 1 aliphatic heterocycles. The fourth-order valence-corrected chi connectivity index (χ4v) is 3.31. The van der Waals surface area contributed by atoms with Crippen LogP contribution in [-0.2, 0) is 11.3 Å². The number of rotatable bonds is 6. The van der Waals surface area contributed by atoms with Crippen molar-refractivity contribution in [2.75, 3.05) is 39.9 Å². The lowest BCUT2D eigenvalue weighted by atomic mass is 10.2. The van der Waals surface area contributed by atoms with Gasteiger partial charge in [0.1, 0.15) is 11.5 Å². The lowest BCUT2D eigenvalue weighted by Crippen LogP contribution is -2.38. The van der Waals surface area contributed by atoms with E-state index in [1.54, 1.807) is 7.11 Å². The largest absolute Gasteiger partial charge is 0.497 e. The first-order valence-electron chi connectivity index (χ1n) is 9.46. The topological polar surface area (TPSA) is 42.0 Å². The highest BCUT2D eigenvalue weighted by molar-refractivity contribution is 5.77. The van der Waals surface area contributed by atoms with Gasteiger partial charge in [0.15, 0.2) is 6.61 Å². The Balaban J connectivity index is 1.47. The van der Waals surface area contributed by atoms with Crippen LogP contribution in [0.15, 0.2) is 48.5 Å². The highest BCUT2D eigenvalue weighted by atomic mass is 16.5. The highest BCUT2D eigenvalue weighted by Gasteiger charge is 2.19. The summed E-state index contributed by atoms with van der Waals surface area (Å²) in [6.45, 7) is 6.41. The molecule has 5 nitrogen and oxygen atoms in total. The van der Waals surface area contributed by atoms with Gasteiger partial charge in [-0.2, -0.15) is 0 Å². The van der Waals surface area contributed by atoms with Gasteiger partial charge in [0.05, 0.1) is 7.11 Å². The van der Waals surface area contributed by atoms with Gasteiger partial charge in [0.2, 0.25) is 0 Å². The first kappa shape index (κ1) is 19.2. The Bertz CT molecular complexity index is 745. The number of hydrogen-bond donors (Lipinski definition) is 0. The molecule has 0 saturated carbocycles. The van der Waals surface area contributed by atoms with E-state index in [-0.39, 0.29) is 12.5 Å². The van der Waals surface area contributed by atoms with Crippen LogP contribution in [0.4, 0.5) is 0 Å². The second-order valence-electron chi connectivity index (χ2n) is 6.96. The molecule has 2 aromatic carbocycles. The van der Waals surface area contributed by atoms with Crippen LogP contribution in [0, 0.1) is 6.92 Å². The highest BCUT2D eigenvalue weighted by Crippen LogP contribution is 2.15. The number of carbonyl (C=O) groups excluding carboxylic acids is 1. The normalized spacial score (nSPS) is 15.3. The van der Waals surface area contributed by atoms with Gasteiger partial charge in [-0.1, -0.05) is 24.3 Å². The average Bonchev–Trinajstić information content (AvgIpc) is 2.92. The third-order valence-electron chi connectivity index (χ3n) is 4.86. The quantitative estimate of drug-likeness (QED) is 0.786. The number of nitrogens with zero attached hydrogens (tertiary/aromatic N) is 2. The molecule has 3 rings (SSSR count). The van der Waals surface area contributed by atoms with E-state index >= 15 is 0 Å². The maximum Gasteiger partial charge on any atom is 0.260 e. The molecule has 5 heteroatoms. The first-order chi connectivity index (χ1) is 13.1. The van der Waals surface area contributed by atoms with Crippen molar-refractivity contribution in [3.05, 3.63) is 59.7 Å². The van der Waals surface area contributed by atoms with E-state index in [1.165, 1.54) is 5.56 Å². The monoisotopic (exact) mass is 368 g/mol. The minimum atomic E-state index is 0.0582. The molecule has 0 bridgehead atoms. The summed E-state index contributed by atoms with van der Waals surface area (Å²) < 4.78 is 10.9. The molecule has 1 heterocycles. The number of ether oxygens (including phenoxy) is 2. The zero-order valence-electron chi connectivity index (χ0n) is 16.2. The third-order valence-corrected chi connectivity index (χ3v) is 4.86. The predicted octanol–water partition coefficient (Wildman–Crippen LogP) is 3.12. The minimum absolute atomic E-state index is 0.0582. The van der Waals surface area contributed by atoms with Gasteiger partial charge < -0.3 is 14.4 Å². The van der Waals surface area contributed by atoms with Crippen LogP contribution in [0.25, 0.3) is 0 Å². The molecule has 0 unspecified atom stereocenters. The fraction of sp³-hybridized carbons (Fsp3) is 0.409. The summed E-state index contributed by atoms with van der Waals surface area (Å²) in [5.74, 6) is 1.68. The van der Waals surface area contributed by atoms with Gasteiger partial charge in [-0.05, 0) is 48.7 Å². The molecule has 144 valence electrons. The van der Waals surface area contributed by atoms with E-state index in [9.17, 15) is 4.79 Å². The molecular weight excluding hydrogens is 340 g/mol. The predicted molar refractivity (Wildman–Crippen MR) is 106 cm³/mol. The molecule has 0 spiro atoms. The lowest BCUT2D eigenvalue weighted by molar-refractivity contribution is -0.133. The summed E-state index contributed by atoms with van der Waals surface area (Å²) in [6, 6.07) is 16.0. The summed E-state index contributed by atoms with van der Waals surface area (Å²) in [5.41, 5.74) is 2.39. The van der Waals surface area contributed by atoms with Gasteiger partial charge in [-0.3, -0.25) is 9.69 Å². The maximum absolute atomic E-state index is 12.5. The van der Waals surface area contributed by atoms with E-state index in [4.69, 9.17) is 9.47 Å². The van der Waals surface area contributed by atoms with E-state index in [1.807, 2.05) is 48.2 Å². The van der Waals surface area contributed by atoms with Gasteiger partial charge in [-0.25, -0.2) is 0 Å². The number of amides is 1. The Morgan fingerprint density at radius 3 is 2.56 bits per heavy atom. The second-order valence-corrected chi connectivity index (χ2v) is 6.96. The number of hydrogen-bond acceptors (Lipinski definition) is 4. The number of carbonyl (C=O) groups is 1. The zero-order chi connectivity index (χ0) is 19.1. The van der Waals surface area contributed by atoms with E-state index in [0.717, 1.165) is 56.2 Å². The zero-order valence-corrected chi connectivity index (χ0v) is 16.2. The Labute approximate surface area is 161 Å². The molecule has 1 aliphatic rings. The van der Waals surface area contributed by atoms with Crippen LogP contribution in [0.5, 0.6) is 11.5 Å². The van der Waals surface area contributed by atoms with Crippen LogP contribution in [0.3, 0.4) is 0 Å². The Morgan fingerprint density at radius 1 is 1.00 bits per heavy atom. The lowest BCUT2D eigenvalue weighted by Gasteiger charge is -2.22. The van der Waals surface area contributed by atoms with Crippen molar-refractivity contribution in [2.24, 2.45) is 0 Å². The van der Waals surface area contributed by atoms with Gasteiger partial charge >= 0.3 is 0 Å². The van der Waals surface area contributed by atoms with Crippen molar-refractivity contribution in [2.45, 2.75) is 19.9 Å². The molecule has 0 aromatic heterocycles. The summed E-state index contributed by atoms with van der Waals surface area (Å²) >= 11 is 0. The van der Waals surface area contributed by atoms with Crippen LogP contribution in [0.1, 0.15) is 17.5 Å². The molecule has 0 radical (unpaired) electrons. The van der Waals surface area contributed by atoms with Crippen LogP contribution in [-0.4, -0.2) is 55.6 Å². The fourth-order valence-electron chi connectivity index (χ4n) is 3.31. The molecule has 0 aliphatic carbocycles. The van der Waals surface area contributed by atoms with Crippen LogP contribution in [0.2, 0.25) is 0 Å². The molecule has 27 heavy (non-hydrogen) atoms. The van der Waals surface area contributed by atoms with Crippen molar-refractivity contribution in [3.63, 3.8) is 0 Å². The molecule has 2 aromatic rings. The molecule has 0 atom stereocenters. The standard InChI is InChI=1S/C22H28N2O3/c1-18-5-3-6-21(15-18)27-17-22(25)24-12-4-11-23(13-14-24)16-19-7-9-20(26-2)10-8-19/h3,5-10,15H,4,11-14,16-17H2,1-2H3. The van der Waals surface area contributed by atoms with E-state index in [0.29, 0.717) is 0 Å². The Morgan fingerprint density at radius 2 is 1.81 bits per heavy atom. The number of methoxy groups -OCH3 is 1. The molecular formula is C22H28N2O3. The summed E-state index contributed by atoms with van der Waals surface area (Å²) in [4.78, 5) is 16.8. The van der Waals surface area contributed by atoms with Crippen molar-refractivity contribution < 1.29 is 14.3 Å². The summed E-state index contributed by atoms with van der Waals surface area (Å²) in [6.07, 6.45) is 0.979. The molecule has 0 N–H and O–H groups in total. The molecule has 1 fully saturated rings. The summed E-state index contributed by atoms with van der Waals surface area (Å²) in [5, 5.41) is 0. The van der Waals surface area contributed by atoms with E-state index in [2.05, 4.69) is 17.0 Å². The van der Waals surface area contributed by atoms with Crippen molar-refractivity contribution >= 4 is 5.91 Å². The van der Waals surface area contributed by atoms with Gasteiger partial charge in [0, 0.05) is 32.7 Å². The number of benzene rings is 2. The molecule has 1 amide bonds. The van der Waals surface area contributed by atoms with Crippen LogP contribution >= 0.6 is 0 Å². The van der Waals surface area contributed by atoms with Crippen molar-refractivity contribution in [1.29, 1.82) is 0 Å². The van der Waals surface area contributed by atoms with Gasteiger partial charge in [0.25, 0.3) is 5.91 Å². The molecule has 1 saturated heterocycles. The van der Waals surface area contributed by atoms with Crippen molar-refractivity contribution in [1.82, 2.24) is 9.80 Å². The maximum atomic E-state index is 12.5. The average molecular weight is 368 g/mol. The van der Waals surface area contributed by atoms with Crippen molar-refractivity contribution in [3.8, 4) is 11.5 Å². The first-order valence-corrected chi connectivity index (χ1v) is 9.46. The third kappa shape index (κ3) is 5.73. The number of aryl methyl sites for hydroxylation is 1. The van der Waals surface area contributed by atoms with Gasteiger partial charge in [-0.15, -0.1) is 0 Å². The SMILES string of the molecule is COc1ccc(CN2CCCN(C(=O)COc3cccc(C)c3)CC2)cc1. The Kier molecular flexibility index (Phi) is 6.71. The van der Waals surface area contributed by atoms with E-state index < -0.39 is 0 Å². The van der Waals surface area contributed by atoms with Crippen LogP contribution < -0.4 is 9.47 Å². The minimum Gasteiger partial charge on any atom is -0.497 e. The smallest absolute Gasteiger partial charge is 0.260 e. The second kappa shape index (κ2) is 9.42.